The fourth-order valence-electron chi connectivity index (χ4n) is 2.77. The molecule has 0 radical (unpaired) electrons. The lowest BCUT2D eigenvalue weighted by atomic mass is 10.1. The summed E-state index contributed by atoms with van der Waals surface area (Å²) in [4.78, 5) is 0. The van der Waals surface area contributed by atoms with E-state index in [0.717, 1.165) is 42.8 Å². The summed E-state index contributed by atoms with van der Waals surface area (Å²) in [6, 6.07) is 6.57. The average Bonchev–Trinajstić information content (AvgIpc) is 2.97. The quantitative estimate of drug-likeness (QED) is 0.698. The third-order valence-corrected chi connectivity index (χ3v) is 4.40. The zero-order chi connectivity index (χ0) is 15.1. The maximum absolute atomic E-state index is 6.02. The fraction of sp³-hybridized carbons (Fsp3) is 0.647. The molecule has 1 fully saturated rings. The molecule has 1 aliphatic rings. The minimum atomic E-state index is 0.302. The zero-order valence-corrected chi connectivity index (χ0v) is 14.6. The van der Waals surface area contributed by atoms with Crippen molar-refractivity contribution in [2.24, 2.45) is 0 Å². The Hall–Kier alpha value is -0.580. The van der Waals surface area contributed by atoms with Crippen molar-refractivity contribution >= 4 is 15.9 Å². The average molecular weight is 356 g/mol. The summed E-state index contributed by atoms with van der Waals surface area (Å²) < 4.78 is 12.7. The van der Waals surface area contributed by atoms with Crippen LogP contribution in [0.15, 0.2) is 22.7 Å². The van der Waals surface area contributed by atoms with Crippen LogP contribution in [0.2, 0.25) is 0 Å². The lowest BCUT2D eigenvalue weighted by Crippen LogP contribution is -2.18. The summed E-state index contributed by atoms with van der Waals surface area (Å²) in [6.07, 6.45) is 5.02. The van der Waals surface area contributed by atoms with E-state index >= 15 is 0 Å². The van der Waals surface area contributed by atoms with E-state index < -0.39 is 0 Å². The van der Waals surface area contributed by atoms with Crippen molar-refractivity contribution in [2.45, 2.75) is 51.7 Å². The van der Waals surface area contributed by atoms with Gasteiger partial charge in [-0.05, 0) is 51.3 Å². The van der Waals surface area contributed by atoms with Gasteiger partial charge in [-0.3, -0.25) is 0 Å². The molecule has 1 heterocycles. The lowest BCUT2D eigenvalue weighted by Gasteiger charge is -2.18. The fourth-order valence-corrected chi connectivity index (χ4v) is 3.11. The molecule has 118 valence electrons. The second-order valence-corrected chi connectivity index (χ2v) is 6.50. The molecule has 2 atom stereocenters. The molecule has 2 rings (SSSR count). The highest BCUT2D eigenvalue weighted by Crippen LogP contribution is 2.29. The van der Waals surface area contributed by atoms with Crippen LogP contribution in [0.1, 0.15) is 51.1 Å². The van der Waals surface area contributed by atoms with Crippen LogP contribution < -0.4 is 10.1 Å². The van der Waals surface area contributed by atoms with E-state index in [2.05, 4.69) is 53.3 Å². The van der Waals surface area contributed by atoms with Crippen LogP contribution in [0.4, 0.5) is 0 Å². The van der Waals surface area contributed by atoms with E-state index in [4.69, 9.17) is 9.47 Å². The van der Waals surface area contributed by atoms with Gasteiger partial charge in [-0.2, -0.15) is 0 Å². The molecular weight excluding hydrogens is 330 g/mol. The summed E-state index contributed by atoms with van der Waals surface area (Å²) in [7, 11) is 0. The SMILES string of the molecule is CCNC(C)c1ccc(Br)cc1OCCCC1CCCO1. The maximum atomic E-state index is 6.02. The number of hydrogen-bond acceptors (Lipinski definition) is 3. The zero-order valence-electron chi connectivity index (χ0n) is 13.0. The Bertz CT molecular complexity index is 433. The Balaban J connectivity index is 1.86. The Labute approximate surface area is 136 Å². The first-order chi connectivity index (χ1) is 10.2. The largest absolute Gasteiger partial charge is 0.493 e. The van der Waals surface area contributed by atoms with Gasteiger partial charge in [0.05, 0.1) is 12.7 Å². The first kappa shape index (κ1) is 16.8. The maximum Gasteiger partial charge on any atom is 0.125 e. The number of benzene rings is 1. The van der Waals surface area contributed by atoms with Crippen molar-refractivity contribution in [3.63, 3.8) is 0 Å². The highest BCUT2D eigenvalue weighted by molar-refractivity contribution is 9.10. The first-order valence-corrected chi connectivity index (χ1v) is 8.77. The summed E-state index contributed by atoms with van der Waals surface area (Å²) in [5.41, 5.74) is 1.22. The molecule has 1 aromatic carbocycles. The molecule has 0 aromatic heterocycles. The predicted octanol–water partition coefficient (Wildman–Crippen LogP) is 4.46. The lowest BCUT2D eigenvalue weighted by molar-refractivity contribution is 0.0980. The van der Waals surface area contributed by atoms with Crippen molar-refractivity contribution in [1.82, 2.24) is 5.32 Å². The molecule has 1 saturated heterocycles. The molecule has 2 unspecified atom stereocenters. The monoisotopic (exact) mass is 355 g/mol. The third kappa shape index (κ3) is 5.28. The third-order valence-electron chi connectivity index (χ3n) is 3.90. The van der Waals surface area contributed by atoms with Crippen LogP contribution in [0, 0.1) is 0 Å². The van der Waals surface area contributed by atoms with Crippen molar-refractivity contribution in [3.05, 3.63) is 28.2 Å². The van der Waals surface area contributed by atoms with Gasteiger partial charge < -0.3 is 14.8 Å². The van der Waals surface area contributed by atoms with Gasteiger partial charge >= 0.3 is 0 Å². The van der Waals surface area contributed by atoms with Gasteiger partial charge in [-0.25, -0.2) is 0 Å². The van der Waals surface area contributed by atoms with E-state index in [1.807, 2.05) is 0 Å². The Morgan fingerprint density at radius 2 is 2.33 bits per heavy atom. The number of halogens is 1. The molecule has 1 aromatic rings. The number of rotatable bonds is 8. The Morgan fingerprint density at radius 3 is 3.05 bits per heavy atom. The predicted molar refractivity (Wildman–Crippen MR) is 89.9 cm³/mol. The van der Waals surface area contributed by atoms with E-state index in [-0.39, 0.29) is 0 Å². The molecule has 21 heavy (non-hydrogen) atoms. The topological polar surface area (TPSA) is 30.5 Å². The van der Waals surface area contributed by atoms with Gasteiger partial charge in [0, 0.05) is 22.7 Å². The normalized spacial score (nSPS) is 19.7. The van der Waals surface area contributed by atoms with Crippen molar-refractivity contribution in [2.75, 3.05) is 19.8 Å². The van der Waals surface area contributed by atoms with Crippen LogP contribution in [0.5, 0.6) is 5.75 Å². The molecule has 0 aliphatic carbocycles. The van der Waals surface area contributed by atoms with Gasteiger partial charge in [0.25, 0.3) is 0 Å². The highest BCUT2D eigenvalue weighted by atomic mass is 79.9. The van der Waals surface area contributed by atoms with E-state index in [0.29, 0.717) is 12.1 Å². The smallest absolute Gasteiger partial charge is 0.125 e. The van der Waals surface area contributed by atoms with E-state index in [1.54, 1.807) is 0 Å². The van der Waals surface area contributed by atoms with Crippen LogP contribution in [0.25, 0.3) is 0 Å². The van der Waals surface area contributed by atoms with Crippen LogP contribution in [-0.2, 0) is 4.74 Å². The number of hydrogen-bond donors (Lipinski definition) is 1. The standard InChI is InChI=1S/C17H26BrNO2/c1-3-19-13(2)16-9-8-14(18)12-17(16)21-11-5-7-15-6-4-10-20-15/h8-9,12-13,15,19H,3-7,10-11H2,1-2H3. The van der Waals surface area contributed by atoms with E-state index in [1.165, 1.54) is 18.4 Å². The summed E-state index contributed by atoms with van der Waals surface area (Å²) in [6.45, 7) is 6.93. The van der Waals surface area contributed by atoms with Gasteiger partial charge in [0.15, 0.2) is 0 Å². The van der Waals surface area contributed by atoms with Gasteiger partial charge in [-0.1, -0.05) is 28.9 Å². The van der Waals surface area contributed by atoms with Crippen molar-refractivity contribution in [3.8, 4) is 5.75 Å². The second kappa shape index (κ2) is 8.76. The summed E-state index contributed by atoms with van der Waals surface area (Å²) >= 11 is 3.53. The summed E-state index contributed by atoms with van der Waals surface area (Å²) in [5, 5.41) is 3.44. The molecule has 4 heteroatoms. The Kier molecular flexibility index (Phi) is 7.00. The van der Waals surface area contributed by atoms with Gasteiger partial charge in [0.2, 0.25) is 0 Å². The minimum absolute atomic E-state index is 0.302. The molecular formula is C17H26BrNO2. The summed E-state index contributed by atoms with van der Waals surface area (Å²) in [5.74, 6) is 0.977. The van der Waals surface area contributed by atoms with Gasteiger partial charge in [0.1, 0.15) is 5.75 Å². The highest BCUT2D eigenvalue weighted by Gasteiger charge is 2.15. The van der Waals surface area contributed by atoms with Crippen LogP contribution in [-0.4, -0.2) is 25.9 Å². The molecule has 1 N–H and O–H groups in total. The molecule has 3 nitrogen and oxygen atoms in total. The molecule has 0 spiro atoms. The van der Waals surface area contributed by atoms with Crippen LogP contribution in [0.3, 0.4) is 0 Å². The Morgan fingerprint density at radius 1 is 1.48 bits per heavy atom. The minimum Gasteiger partial charge on any atom is -0.493 e. The van der Waals surface area contributed by atoms with Crippen molar-refractivity contribution in [1.29, 1.82) is 0 Å². The number of nitrogens with one attached hydrogen (secondary N) is 1. The number of ether oxygens (including phenoxy) is 2. The van der Waals surface area contributed by atoms with Crippen molar-refractivity contribution < 1.29 is 9.47 Å². The molecule has 0 bridgehead atoms. The first-order valence-electron chi connectivity index (χ1n) is 7.98. The molecule has 0 amide bonds. The van der Waals surface area contributed by atoms with E-state index in [9.17, 15) is 0 Å². The van der Waals surface area contributed by atoms with Gasteiger partial charge in [-0.15, -0.1) is 0 Å². The second-order valence-electron chi connectivity index (χ2n) is 5.59. The molecule has 0 saturated carbocycles. The van der Waals surface area contributed by atoms with Crippen LogP contribution >= 0.6 is 15.9 Å². The molecule has 1 aliphatic heterocycles.